The van der Waals surface area contributed by atoms with Gasteiger partial charge in [0.25, 0.3) is 0 Å². The number of carbonyl (C=O) groups excluding carboxylic acids is 1. The number of halogens is 1. The molecule has 168 valence electrons. The van der Waals surface area contributed by atoms with Crippen molar-refractivity contribution in [3.05, 3.63) is 42.2 Å². The van der Waals surface area contributed by atoms with Gasteiger partial charge >= 0.3 is 0 Å². The SMILES string of the molecule is COc1ccccc1NC(=O)C1CCN(S(=O)(=O)c2cc(OC)c(OC)cc2F)CC1. The summed E-state index contributed by atoms with van der Waals surface area (Å²) in [6, 6.07) is 9.15. The van der Waals surface area contributed by atoms with Crippen molar-refractivity contribution in [3.63, 3.8) is 0 Å². The van der Waals surface area contributed by atoms with Crippen molar-refractivity contribution in [2.75, 3.05) is 39.7 Å². The van der Waals surface area contributed by atoms with Crippen LogP contribution in [0.1, 0.15) is 12.8 Å². The zero-order valence-corrected chi connectivity index (χ0v) is 18.4. The monoisotopic (exact) mass is 452 g/mol. The van der Waals surface area contributed by atoms with E-state index in [4.69, 9.17) is 14.2 Å². The summed E-state index contributed by atoms with van der Waals surface area (Å²) in [4.78, 5) is 12.2. The summed E-state index contributed by atoms with van der Waals surface area (Å²) in [6.07, 6.45) is 0.629. The Morgan fingerprint density at radius 2 is 1.58 bits per heavy atom. The van der Waals surface area contributed by atoms with E-state index in [0.717, 1.165) is 12.1 Å². The van der Waals surface area contributed by atoms with Crippen molar-refractivity contribution in [1.29, 1.82) is 0 Å². The van der Waals surface area contributed by atoms with Crippen LogP contribution >= 0.6 is 0 Å². The third-order valence-electron chi connectivity index (χ3n) is 5.25. The summed E-state index contributed by atoms with van der Waals surface area (Å²) in [6.45, 7) is 0.195. The number of ether oxygens (including phenoxy) is 3. The van der Waals surface area contributed by atoms with Crippen LogP contribution in [0.25, 0.3) is 0 Å². The number of para-hydroxylation sites is 2. The van der Waals surface area contributed by atoms with Gasteiger partial charge in [0.2, 0.25) is 15.9 Å². The fourth-order valence-corrected chi connectivity index (χ4v) is 5.04. The van der Waals surface area contributed by atoms with Crippen molar-refractivity contribution < 1.29 is 31.8 Å². The van der Waals surface area contributed by atoms with E-state index < -0.39 is 20.7 Å². The van der Waals surface area contributed by atoms with Crippen LogP contribution in [0.15, 0.2) is 41.3 Å². The highest BCUT2D eigenvalue weighted by atomic mass is 32.2. The molecule has 0 aromatic heterocycles. The van der Waals surface area contributed by atoms with Gasteiger partial charge in [-0.05, 0) is 25.0 Å². The van der Waals surface area contributed by atoms with Crippen LogP contribution in [0, 0.1) is 11.7 Å². The van der Waals surface area contributed by atoms with Crippen LogP contribution in [-0.2, 0) is 14.8 Å². The fraction of sp³-hybridized carbons (Fsp3) is 0.381. The number of methoxy groups -OCH3 is 3. The lowest BCUT2D eigenvalue weighted by atomic mass is 9.97. The summed E-state index contributed by atoms with van der Waals surface area (Å²) in [5.74, 6) is -0.738. The van der Waals surface area contributed by atoms with Gasteiger partial charge in [-0.1, -0.05) is 12.1 Å². The molecule has 2 aromatic rings. The van der Waals surface area contributed by atoms with Crippen LogP contribution in [0.4, 0.5) is 10.1 Å². The molecule has 1 heterocycles. The Hall–Kier alpha value is -2.85. The number of nitrogens with one attached hydrogen (secondary N) is 1. The van der Waals surface area contributed by atoms with E-state index >= 15 is 0 Å². The van der Waals surface area contributed by atoms with Crippen LogP contribution in [0.3, 0.4) is 0 Å². The maximum absolute atomic E-state index is 14.5. The number of piperidine rings is 1. The third kappa shape index (κ3) is 4.75. The van der Waals surface area contributed by atoms with Gasteiger partial charge in [-0.25, -0.2) is 12.8 Å². The first-order valence-electron chi connectivity index (χ1n) is 9.67. The molecule has 1 aliphatic rings. The van der Waals surface area contributed by atoms with Crippen molar-refractivity contribution in [1.82, 2.24) is 4.31 Å². The molecule has 1 N–H and O–H groups in total. The van der Waals surface area contributed by atoms with Crippen LogP contribution in [0.5, 0.6) is 17.2 Å². The van der Waals surface area contributed by atoms with E-state index in [1.807, 2.05) is 0 Å². The predicted molar refractivity (Wildman–Crippen MR) is 113 cm³/mol. The van der Waals surface area contributed by atoms with Gasteiger partial charge in [0.1, 0.15) is 16.5 Å². The summed E-state index contributed by atoms with van der Waals surface area (Å²) >= 11 is 0. The average Bonchev–Trinajstić information content (AvgIpc) is 2.79. The molecular weight excluding hydrogens is 427 g/mol. The second-order valence-corrected chi connectivity index (χ2v) is 8.91. The number of benzene rings is 2. The summed E-state index contributed by atoms with van der Waals surface area (Å²) in [5.41, 5.74) is 0.553. The second-order valence-electron chi connectivity index (χ2n) is 7.01. The lowest BCUT2D eigenvalue weighted by molar-refractivity contribution is -0.120. The quantitative estimate of drug-likeness (QED) is 0.694. The Morgan fingerprint density at radius 1 is 1.00 bits per heavy atom. The summed E-state index contributed by atoms with van der Waals surface area (Å²) in [5, 5.41) is 2.83. The molecule has 0 saturated carbocycles. The van der Waals surface area contributed by atoms with E-state index in [-0.39, 0.29) is 36.4 Å². The highest BCUT2D eigenvalue weighted by Crippen LogP contribution is 2.34. The Labute approximate surface area is 181 Å². The molecule has 1 aliphatic heterocycles. The molecule has 2 aromatic carbocycles. The average molecular weight is 453 g/mol. The predicted octanol–water partition coefficient (Wildman–Crippen LogP) is 2.89. The Balaban J connectivity index is 1.71. The summed E-state index contributed by atoms with van der Waals surface area (Å²) < 4.78 is 57.0. The van der Waals surface area contributed by atoms with Gasteiger partial charge in [-0.3, -0.25) is 4.79 Å². The van der Waals surface area contributed by atoms with Gasteiger partial charge in [0, 0.05) is 31.1 Å². The normalized spacial score (nSPS) is 15.4. The number of nitrogens with zero attached hydrogens (tertiary/aromatic N) is 1. The number of carbonyl (C=O) groups is 1. The van der Waals surface area contributed by atoms with Gasteiger partial charge in [0.05, 0.1) is 27.0 Å². The minimum Gasteiger partial charge on any atom is -0.495 e. The van der Waals surface area contributed by atoms with Crippen molar-refractivity contribution in [2.24, 2.45) is 5.92 Å². The van der Waals surface area contributed by atoms with E-state index in [1.54, 1.807) is 24.3 Å². The molecule has 0 spiro atoms. The minimum absolute atomic E-state index is 0.0974. The van der Waals surface area contributed by atoms with Crippen molar-refractivity contribution in [3.8, 4) is 17.2 Å². The lowest BCUT2D eigenvalue weighted by Gasteiger charge is -2.30. The molecule has 0 unspecified atom stereocenters. The van der Waals surface area contributed by atoms with E-state index in [2.05, 4.69) is 5.32 Å². The Kier molecular flexibility index (Phi) is 7.01. The molecule has 1 amide bonds. The first-order valence-corrected chi connectivity index (χ1v) is 11.1. The van der Waals surface area contributed by atoms with Gasteiger partial charge in [-0.15, -0.1) is 0 Å². The molecule has 31 heavy (non-hydrogen) atoms. The molecule has 3 rings (SSSR count). The lowest BCUT2D eigenvalue weighted by Crippen LogP contribution is -2.41. The van der Waals surface area contributed by atoms with E-state index in [1.165, 1.54) is 25.6 Å². The fourth-order valence-electron chi connectivity index (χ4n) is 3.51. The van der Waals surface area contributed by atoms with Gasteiger partial charge in [-0.2, -0.15) is 4.31 Å². The van der Waals surface area contributed by atoms with Crippen LogP contribution in [0.2, 0.25) is 0 Å². The van der Waals surface area contributed by atoms with E-state index in [9.17, 15) is 17.6 Å². The molecule has 0 atom stereocenters. The van der Waals surface area contributed by atoms with Crippen LogP contribution < -0.4 is 19.5 Å². The van der Waals surface area contributed by atoms with Crippen molar-refractivity contribution in [2.45, 2.75) is 17.7 Å². The number of anilines is 1. The molecular formula is C21H25FN2O6S. The molecule has 0 bridgehead atoms. The minimum atomic E-state index is -4.10. The maximum atomic E-state index is 14.5. The molecule has 1 saturated heterocycles. The number of amides is 1. The van der Waals surface area contributed by atoms with Crippen LogP contribution in [-0.4, -0.2) is 53.0 Å². The maximum Gasteiger partial charge on any atom is 0.246 e. The molecule has 0 aliphatic carbocycles. The first kappa shape index (κ1) is 22.8. The molecule has 1 fully saturated rings. The zero-order chi connectivity index (χ0) is 22.6. The number of hydrogen-bond donors (Lipinski definition) is 1. The number of rotatable bonds is 7. The molecule has 8 nitrogen and oxygen atoms in total. The topological polar surface area (TPSA) is 94.2 Å². The highest BCUT2D eigenvalue weighted by Gasteiger charge is 2.34. The van der Waals surface area contributed by atoms with Gasteiger partial charge in [0.15, 0.2) is 11.5 Å². The summed E-state index contributed by atoms with van der Waals surface area (Å²) in [7, 11) is 0.102. The largest absolute Gasteiger partial charge is 0.495 e. The smallest absolute Gasteiger partial charge is 0.246 e. The molecule has 0 radical (unpaired) electrons. The van der Waals surface area contributed by atoms with Gasteiger partial charge < -0.3 is 19.5 Å². The standard InChI is InChI=1S/C21H25FN2O6S/c1-28-17-7-5-4-6-16(17)23-21(25)14-8-10-24(11-9-14)31(26,27)20-13-19(30-3)18(29-2)12-15(20)22/h4-7,12-14H,8-11H2,1-3H3,(H,23,25). The second kappa shape index (κ2) is 9.52. The molecule has 10 heteroatoms. The Bertz CT molecular complexity index is 1050. The highest BCUT2D eigenvalue weighted by molar-refractivity contribution is 7.89. The number of hydrogen-bond acceptors (Lipinski definition) is 6. The first-order chi connectivity index (χ1) is 14.8. The van der Waals surface area contributed by atoms with E-state index in [0.29, 0.717) is 24.3 Å². The zero-order valence-electron chi connectivity index (χ0n) is 17.6. The third-order valence-corrected chi connectivity index (χ3v) is 7.16. The Morgan fingerprint density at radius 3 is 2.19 bits per heavy atom. The van der Waals surface area contributed by atoms with Crippen molar-refractivity contribution >= 4 is 21.6 Å². The number of sulfonamides is 1.